The molecule has 0 saturated heterocycles. The van der Waals surface area contributed by atoms with Gasteiger partial charge in [0.1, 0.15) is 0 Å². The zero-order valence-electron chi connectivity index (χ0n) is 8.60. The summed E-state index contributed by atoms with van der Waals surface area (Å²) in [5.41, 5.74) is 6.45. The molecule has 1 aliphatic carbocycles. The molecule has 0 aromatic heterocycles. The first-order chi connectivity index (χ1) is 5.65. The first-order valence-electron chi connectivity index (χ1n) is 5.41. The smallest absolute Gasteiger partial charge is 0.00643 e. The van der Waals surface area contributed by atoms with Crippen molar-refractivity contribution in [2.24, 2.45) is 11.1 Å². The number of hydrogen-bond acceptors (Lipinski definition) is 1. The van der Waals surface area contributed by atoms with Gasteiger partial charge in [-0.1, -0.05) is 39.0 Å². The molecule has 72 valence electrons. The SMILES string of the molecule is CC(N)C1(C)CCCCCCC1. The molecule has 1 unspecified atom stereocenters. The highest BCUT2D eigenvalue weighted by Crippen LogP contribution is 2.35. The van der Waals surface area contributed by atoms with Gasteiger partial charge >= 0.3 is 0 Å². The van der Waals surface area contributed by atoms with Gasteiger partial charge in [-0.3, -0.25) is 0 Å². The quantitative estimate of drug-likeness (QED) is 0.641. The van der Waals surface area contributed by atoms with E-state index in [1.807, 2.05) is 0 Å². The van der Waals surface area contributed by atoms with Gasteiger partial charge in [-0.2, -0.15) is 0 Å². The zero-order valence-corrected chi connectivity index (χ0v) is 8.60. The van der Waals surface area contributed by atoms with Crippen LogP contribution in [0.1, 0.15) is 58.8 Å². The van der Waals surface area contributed by atoms with Crippen molar-refractivity contribution in [1.82, 2.24) is 0 Å². The summed E-state index contributed by atoms with van der Waals surface area (Å²) in [5, 5.41) is 0. The summed E-state index contributed by atoms with van der Waals surface area (Å²) in [4.78, 5) is 0. The molecule has 1 nitrogen and oxygen atoms in total. The summed E-state index contributed by atoms with van der Waals surface area (Å²) in [6.07, 6.45) is 9.73. The lowest BCUT2D eigenvalue weighted by molar-refractivity contribution is 0.197. The van der Waals surface area contributed by atoms with Crippen LogP contribution < -0.4 is 5.73 Å². The fourth-order valence-corrected chi connectivity index (χ4v) is 2.17. The predicted octanol–water partition coefficient (Wildman–Crippen LogP) is 3.08. The Morgan fingerprint density at radius 1 is 1.00 bits per heavy atom. The highest BCUT2D eigenvalue weighted by atomic mass is 14.7. The van der Waals surface area contributed by atoms with Crippen molar-refractivity contribution in [2.45, 2.75) is 64.8 Å². The van der Waals surface area contributed by atoms with Crippen molar-refractivity contribution < 1.29 is 0 Å². The minimum Gasteiger partial charge on any atom is -0.327 e. The normalized spacial score (nSPS) is 27.2. The van der Waals surface area contributed by atoms with E-state index in [4.69, 9.17) is 5.73 Å². The van der Waals surface area contributed by atoms with Crippen LogP contribution in [0.4, 0.5) is 0 Å². The van der Waals surface area contributed by atoms with E-state index in [-0.39, 0.29) is 0 Å². The third-order valence-corrected chi connectivity index (χ3v) is 3.60. The fraction of sp³-hybridized carbons (Fsp3) is 1.00. The Bertz CT molecular complexity index is 121. The lowest BCUT2D eigenvalue weighted by Crippen LogP contribution is -2.37. The van der Waals surface area contributed by atoms with Crippen LogP contribution in [0.25, 0.3) is 0 Å². The van der Waals surface area contributed by atoms with Crippen LogP contribution in [-0.2, 0) is 0 Å². The van der Waals surface area contributed by atoms with Gasteiger partial charge in [0.2, 0.25) is 0 Å². The van der Waals surface area contributed by atoms with Crippen molar-refractivity contribution in [3.63, 3.8) is 0 Å². The van der Waals surface area contributed by atoms with Crippen molar-refractivity contribution in [1.29, 1.82) is 0 Å². The Hall–Kier alpha value is -0.0400. The molecule has 0 amide bonds. The van der Waals surface area contributed by atoms with Gasteiger partial charge in [-0.05, 0) is 25.2 Å². The Balaban J connectivity index is 2.48. The van der Waals surface area contributed by atoms with E-state index >= 15 is 0 Å². The standard InChI is InChI=1S/C11H23N/c1-10(12)11(2)8-6-4-3-5-7-9-11/h10H,3-9,12H2,1-2H3. The molecule has 0 aliphatic heterocycles. The Morgan fingerprint density at radius 3 is 1.83 bits per heavy atom. The molecule has 1 saturated carbocycles. The molecule has 0 bridgehead atoms. The Labute approximate surface area is 76.7 Å². The molecule has 12 heavy (non-hydrogen) atoms. The molecule has 1 fully saturated rings. The highest BCUT2D eigenvalue weighted by molar-refractivity contribution is 4.83. The third kappa shape index (κ3) is 2.48. The third-order valence-electron chi connectivity index (χ3n) is 3.60. The summed E-state index contributed by atoms with van der Waals surface area (Å²) < 4.78 is 0. The van der Waals surface area contributed by atoms with Gasteiger partial charge in [0.15, 0.2) is 0 Å². The monoisotopic (exact) mass is 169 g/mol. The highest BCUT2D eigenvalue weighted by Gasteiger charge is 2.28. The summed E-state index contributed by atoms with van der Waals surface area (Å²) in [6, 6.07) is 0.371. The van der Waals surface area contributed by atoms with Crippen LogP contribution >= 0.6 is 0 Å². The number of hydrogen-bond donors (Lipinski definition) is 1. The summed E-state index contributed by atoms with van der Waals surface area (Å²) in [6.45, 7) is 4.53. The van der Waals surface area contributed by atoms with Crippen LogP contribution in [0.3, 0.4) is 0 Å². The molecule has 1 heteroatoms. The zero-order chi connectivity index (χ0) is 9.03. The molecule has 0 aromatic carbocycles. The summed E-state index contributed by atoms with van der Waals surface area (Å²) >= 11 is 0. The lowest BCUT2D eigenvalue weighted by atomic mass is 9.73. The second kappa shape index (κ2) is 4.27. The van der Waals surface area contributed by atoms with Gasteiger partial charge in [-0.25, -0.2) is 0 Å². The molecule has 2 N–H and O–H groups in total. The maximum atomic E-state index is 6.02. The molecule has 0 spiro atoms. The van der Waals surface area contributed by atoms with Crippen molar-refractivity contribution >= 4 is 0 Å². The summed E-state index contributed by atoms with van der Waals surface area (Å²) in [5.74, 6) is 0. The van der Waals surface area contributed by atoms with E-state index in [2.05, 4.69) is 13.8 Å². The van der Waals surface area contributed by atoms with Gasteiger partial charge in [0.25, 0.3) is 0 Å². The minimum absolute atomic E-state index is 0.371. The molecular weight excluding hydrogens is 146 g/mol. The van der Waals surface area contributed by atoms with Gasteiger partial charge in [-0.15, -0.1) is 0 Å². The first kappa shape index (κ1) is 10.0. The van der Waals surface area contributed by atoms with Crippen LogP contribution in [0.2, 0.25) is 0 Å². The number of nitrogens with two attached hydrogens (primary N) is 1. The van der Waals surface area contributed by atoms with Crippen LogP contribution in [0.5, 0.6) is 0 Å². The second-order valence-electron chi connectivity index (χ2n) is 4.71. The molecule has 0 radical (unpaired) electrons. The topological polar surface area (TPSA) is 26.0 Å². The number of rotatable bonds is 1. The average Bonchev–Trinajstić information content (AvgIpc) is 1.97. The molecule has 1 atom stereocenters. The molecule has 1 aliphatic rings. The van der Waals surface area contributed by atoms with E-state index in [1.165, 1.54) is 44.9 Å². The van der Waals surface area contributed by atoms with E-state index in [0.29, 0.717) is 11.5 Å². The fourth-order valence-electron chi connectivity index (χ4n) is 2.17. The van der Waals surface area contributed by atoms with Crippen molar-refractivity contribution in [3.05, 3.63) is 0 Å². The van der Waals surface area contributed by atoms with Crippen molar-refractivity contribution in [2.75, 3.05) is 0 Å². The molecule has 0 heterocycles. The van der Waals surface area contributed by atoms with Gasteiger partial charge < -0.3 is 5.73 Å². The van der Waals surface area contributed by atoms with Gasteiger partial charge in [0, 0.05) is 6.04 Å². The van der Waals surface area contributed by atoms with Crippen LogP contribution in [0, 0.1) is 5.41 Å². The van der Waals surface area contributed by atoms with Gasteiger partial charge in [0.05, 0.1) is 0 Å². The Morgan fingerprint density at radius 2 is 1.42 bits per heavy atom. The summed E-state index contributed by atoms with van der Waals surface area (Å²) in [7, 11) is 0. The average molecular weight is 169 g/mol. The van der Waals surface area contributed by atoms with E-state index < -0.39 is 0 Å². The molecule has 0 aromatic rings. The van der Waals surface area contributed by atoms with E-state index in [0.717, 1.165) is 0 Å². The maximum Gasteiger partial charge on any atom is 0.00643 e. The largest absolute Gasteiger partial charge is 0.327 e. The van der Waals surface area contributed by atoms with Crippen molar-refractivity contribution in [3.8, 4) is 0 Å². The second-order valence-corrected chi connectivity index (χ2v) is 4.71. The lowest BCUT2D eigenvalue weighted by Gasteiger charge is -2.35. The van der Waals surface area contributed by atoms with E-state index in [9.17, 15) is 0 Å². The predicted molar refractivity (Wildman–Crippen MR) is 54.1 cm³/mol. The van der Waals surface area contributed by atoms with Crippen LogP contribution in [0.15, 0.2) is 0 Å². The minimum atomic E-state index is 0.371. The molecule has 1 rings (SSSR count). The first-order valence-corrected chi connectivity index (χ1v) is 5.41. The molecular formula is C11H23N. The Kier molecular flexibility index (Phi) is 3.57. The maximum absolute atomic E-state index is 6.02. The van der Waals surface area contributed by atoms with E-state index in [1.54, 1.807) is 0 Å². The van der Waals surface area contributed by atoms with Crippen LogP contribution in [-0.4, -0.2) is 6.04 Å².